The van der Waals surface area contributed by atoms with E-state index < -0.39 is 0 Å². The average molecular weight is 412 g/mol. The van der Waals surface area contributed by atoms with Gasteiger partial charge in [0, 0.05) is 12.8 Å². The molecular weight excluding hydrogens is 394 g/mol. The van der Waals surface area contributed by atoms with Crippen molar-refractivity contribution in [3.05, 3.63) is 70.8 Å². The maximum Gasteiger partial charge on any atom is 0.191 e. The van der Waals surface area contributed by atoms with E-state index in [1.54, 1.807) is 17.8 Å². The highest BCUT2D eigenvalue weighted by Gasteiger charge is 2.13. The van der Waals surface area contributed by atoms with Gasteiger partial charge in [-0.3, -0.25) is 0 Å². The van der Waals surface area contributed by atoms with Crippen LogP contribution in [0.3, 0.4) is 0 Å². The molecule has 8 heteroatoms. The molecule has 0 bridgehead atoms. The van der Waals surface area contributed by atoms with Crippen molar-refractivity contribution in [3.8, 4) is 5.75 Å². The van der Waals surface area contributed by atoms with E-state index in [2.05, 4.69) is 15.2 Å². The third-order valence-corrected chi connectivity index (χ3v) is 5.64. The van der Waals surface area contributed by atoms with Crippen LogP contribution in [0.15, 0.2) is 53.7 Å². The maximum absolute atomic E-state index is 6.12. The van der Waals surface area contributed by atoms with Crippen LogP contribution >= 0.6 is 23.4 Å². The predicted octanol–water partition coefficient (Wildman–Crippen LogP) is 4.59. The molecule has 0 saturated heterocycles. The van der Waals surface area contributed by atoms with Crippen LogP contribution in [-0.2, 0) is 19.4 Å². The lowest BCUT2D eigenvalue weighted by molar-refractivity contribution is 0.290. The Balaban J connectivity index is 1.45. The first-order chi connectivity index (χ1) is 13.6. The summed E-state index contributed by atoms with van der Waals surface area (Å²) in [6.45, 7) is 2.28. The van der Waals surface area contributed by atoms with Gasteiger partial charge in [0.2, 0.25) is 0 Å². The van der Waals surface area contributed by atoms with E-state index >= 15 is 0 Å². The molecule has 0 saturated carbocycles. The molecule has 0 atom stereocenters. The molecule has 0 aliphatic carbocycles. The molecule has 2 aromatic carbocycles. The van der Waals surface area contributed by atoms with Crippen LogP contribution in [0, 0.1) is 6.92 Å². The maximum atomic E-state index is 6.12. The molecule has 0 amide bonds. The fourth-order valence-electron chi connectivity index (χ4n) is 2.69. The normalized spacial score (nSPS) is 11.1. The molecular formula is C20H18ClN5OS. The second-order valence-electron chi connectivity index (χ2n) is 6.21. The van der Waals surface area contributed by atoms with Crippen LogP contribution in [0.1, 0.15) is 17.2 Å². The molecule has 0 fully saturated rings. The second-order valence-corrected chi connectivity index (χ2v) is 7.56. The number of thioether (sulfide) groups is 1. The lowest BCUT2D eigenvalue weighted by Crippen LogP contribution is -2.04. The molecule has 2 heterocycles. The molecule has 0 unspecified atom stereocenters. The van der Waals surface area contributed by atoms with Crippen molar-refractivity contribution in [2.75, 3.05) is 0 Å². The van der Waals surface area contributed by atoms with Gasteiger partial charge in [0.15, 0.2) is 11.0 Å². The molecule has 6 nitrogen and oxygen atoms in total. The standard InChI is InChI=1S/C20H18ClN5OS/c1-13-17(23-16-9-5-4-8-15(16)22-13)12-28-20-25-24-19(26(20)2)11-27-18-10-6-3-7-14(18)21/h3-10H,11-12H2,1-2H3. The Labute approximate surface area is 171 Å². The summed E-state index contributed by atoms with van der Waals surface area (Å²) in [7, 11) is 1.92. The first kappa shape index (κ1) is 18.7. The highest BCUT2D eigenvalue weighted by atomic mass is 35.5. The van der Waals surface area contributed by atoms with Crippen LogP contribution in [0.25, 0.3) is 11.0 Å². The Bertz CT molecular complexity index is 1130. The van der Waals surface area contributed by atoms with Crippen LogP contribution in [0.4, 0.5) is 0 Å². The lowest BCUT2D eigenvalue weighted by Gasteiger charge is -2.08. The Morgan fingerprint density at radius 2 is 1.71 bits per heavy atom. The summed E-state index contributed by atoms with van der Waals surface area (Å²) in [5.41, 5.74) is 3.68. The topological polar surface area (TPSA) is 65.7 Å². The summed E-state index contributed by atoms with van der Waals surface area (Å²) in [5.74, 6) is 2.02. The highest BCUT2D eigenvalue weighted by Crippen LogP contribution is 2.25. The van der Waals surface area contributed by atoms with E-state index in [-0.39, 0.29) is 0 Å². The minimum absolute atomic E-state index is 0.294. The molecule has 0 aliphatic heterocycles. The van der Waals surface area contributed by atoms with Gasteiger partial charge in [-0.15, -0.1) is 10.2 Å². The molecule has 0 spiro atoms. The fraction of sp³-hybridized carbons (Fsp3) is 0.200. The quantitative estimate of drug-likeness (QED) is 0.432. The zero-order chi connectivity index (χ0) is 19.5. The van der Waals surface area contributed by atoms with Crippen molar-refractivity contribution in [2.45, 2.75) is 24.4 Å². The zero-order valence-electron chi connectivity index (χ0n) is 15.5. The Kier molecular flexibility index (Phi) is 5.45. The van der Waals surface area contributed by atoms with Crippen molar-refractivity contribution in [1.29, 1.82) is 0 Å². The summed E-state index contributed by atoms with van der Waals surface area (Å²) in [4.78, 5) is 9.37. The highest BCUT2D eigenvalue weighted by molar-refractivity contribution is 7.98. The number of hydrogen-bond acceptors (Lipinski definition) is 6. The smallest absolute Gasteiger partial charge is 0.191 e. The predicted molar refractivity (Wildman–Crippen MR) is 111 cm³/mol. The number of fused-ring (bicyclic) bond motifs is 1. The summed E-state index contributed by atoms with van der Waals surface area (Å²) in [6, 6.07) is 15.3. The number of rotatable bonds is 6. The Hall–Kier alpha value is -2.64. The third kappa shape index (κ3) is 3.95. The van der Waals surface area contributed by atoms with Crippen LogP contribution < -0.4 is 4.74 Å². The van der Waals surface area contributed by atoms with Crippen molar-refractivity contribution in [2.24, 2.45) is 7.05 Å². The molecule has 4 aromatic rings. The van der Waals surface area contributed by atoms with E-state index in [1.807, 2.05) is 61.0 Å². The molecule has 0 N–H and O–H groups in total. The van der Waals surface area contributed by atoms with Gasteiger partial charge in [0.05, 0.1) is 27.4 Å². The number of ether oxygens (including phenoxy) is 1. The monoisotopic (exact) mass is 411 g/mol. The largest absolute Gasteiger partial charge is 0.484 e. The van der Waals surface area contributed by atoms with Gasteiger partial charge in [-0.1, -0.05) is 47.6 Å². The van der Waals surface area contributed by atoms with Gasteiger partial charge >= 0.3 is 0 Å². The minimum atomic E-state index is 0.294. The number of para-hydroxylation sites is 3. The SMILES string of the molecule is Cc1nc2ccccc2nc1CSc1nnc(COc2ccccc2Cl)n1C. The van der Waals surface area contributed by atoms with Crippen molar-refractivity contribution >= 4 is 34.4 Å². The number of benzene rings is 2. The average Bonchev–Trinajstić information content (AvgIpc) is 3.05. The molecule has 2 aromatic heterocycles. The number of aromatic nitrogens is 5. The number of halogens is 1. The lowest BCUT2D eigenvalue weighted by atomic mass is 10.2. The summed E-state index contributed by atoms with van der Waals surface area (Å²) < 4.78 is 7.68. The van der Waals surface area contributed by atoms with Gasteiger partial charge in [-0.2, -0.15) is 0 Å². The van der Waals surface area contributed by atoms with Gasteiger partial charge < -0.3 is 9.30 Å². The third-order valence-electron chi connectivity index (χ3n) is 4.30. The van der Waals surface area contributed by atoms with Gasteiger partial charge in [-0.05, 0) is 31.2 Å². The summed E-state index contributed by atoms with van der Waals surface area (Å²) in [6.07, 6.45) is 0. The zero-order valence-corrected chi connectivity index (χ0v) is 17.0. The van der Waals surface area contributed by atoms with Crippen molar-refractivity contribution in [3.63, 3.8) is 0 Å². The molecule has 0 radical (unpaired) electrons. The minimum Gasteiger partial charge on any atom is -0.484 e. The summed E-state index contributed by atoms with van der Waals surface area (Å²) >= 11 is 7.70. The van der Waals surface area contributed by atoms with Crippen LogP contribution in [-0.4, -0.2) is 24.7 Å². The number of nitrogens with zero attached hydrogens (tertiary/aromatic N) is 5. The first-order valence-electron chi connectivity index (χ1n) is 8.72. The first-order valence-corrected chi connectivity index (χ1v) is 10.1. The van der Waals surface area contributed by atoms with E-state index in [4.69, 9.17) is 21.3 Å². The van der Waals surface area contributed by atoms with Crippen LogP contribution in [0.5, 0.6) is 5.75 Å². The van der Waals surface area contributed by atoms with Gasteiger partial charge in [-0.25, -0.2) is 9.97 Å². The van der Waals surface area contributed by atoms with E-state index in [0.29, 0.717) is 23.1 Å². The van der Waals surface area contributed by atoms with Crippen LogP contribution in [0.2, 0.25) is 5.02 Å². The number of aryl methyl sites for hydroxylation is 1. The number of hydrogen-bond donors (Lipinski definition) is 0. The fourth-order valence-corrected chi connectivity index (χ4v) is 3.82. The van der Waals surface area contributed by atoms with Crippen molar-refractivity contribution in [1.82, 2.24) is 24.7 Å². The molecule has 28 heavy (non-hydrogen) atoms. The van der Waals surface area contributed by atoms with E-state index in [0.717, 1.165) is 33.4 Å². The molecule has 4 rings (SSSR count). The van der Waals surface area contributed by atoms with E-state index in [9.17, 15) is 0 Å². The van der Waals surface area contributed by atoms with E-state index in [1.165, 1.54) is 0 Å². The second kappa shape index (κ2) is 8.16. The van der Waals surface area contributed by atoms with Gasteiger partial charge in [0.1, 0.15) is 12.4 Å². The Morgan fingerprint density at radius 1 is 1.00 bits per heavy atom. The molecule has 0 aliphatic rings. The Morgan fingerprint density at radius 3 is 2.50 bits per heavy atom. The molecule has 142 valence electrons. The van der Waals surface area contributed by atoms with Gasteiger partial charge in [0.25, 0.3) is 0 Å². The summed E-state index contributed by atoms with van der Waals surface area (Å²) in [5, 5.41) is 9.88. The van der Waals surface area contributed by atoms with Crippen molar-refractivity contribution < 1.29 is 4.74 Å².